The molecule has 29 heavy (non-hydrogen) atoms. The van der Waals surface area contributed by atoms with Crippen LogP contribution in [-0.2, 0) is 0 Å². The lowest BCUT2D eigenvalue weighted by Crippen LogP contribution is -2.17. The lowest BCUT2D eigenvalue weighted by Gasteiger charge is -2.05. The first-order chi connectivity index (χ1) is 13.9. The molecule has 0 saturated heterocycles. The first-order valence-electron chi connectivity index (χ1n) is 8.35. The van der Waals surface area contributed by atoms with E-state index < -0.39 is 11.9 Å². The minimum Gasteiger partial charge on any atom is -0.508 e. The zero-order chi connectivity index (χ0) is 20.8. The molecule has 0 atom stereocenters. The second-order valence-corrected chi connectivity index (χ2v) is 6.31. The van der Waals surface area contributed by atoms with Crippen LogP contribution in [0.4, 0.5) is 0 Å². The fraction of sp³-hybridized carbons (Fsp3) is 0. The van der Waals surface area contributed by atoms with Crippen molar-refractivity contribution in [3.8, 4) is 17.2 Å². The van der Waals surface area contributed by atoms with Gasteiger partial charge in [-0.15, -0.1) is 0 Å². The molecule has 0 saturated carbocycles. The number of hydrogen-bond donors (Lipinski definition) is 3. The number of rotatable bonds is 5. The number of aromatic hydroxyl groups is 2. The Morgan fingerprint density at radius 3 is 2.48 bits per heavy atom. The molecular weight excluding hydrogens is 396 g/mol. The number of ether oxygens (including phenoxy) is 1. The summed E-state index contributed by atoms with van der Waals surface area (Å²) in [4.78, 5) is 24.2. The first-order valence-corrected chi connectivity index (χ1v) is 8.73. The number of hydrazone groups is 1. The number of nitrogens with zero attached hydrogens (tertiary/aromatic N) is 1. The van der Waals surface area contributed by atoms with E-state index in [0.717, 1.165) is 6.07 Å². The van der Waals surface area contributed by atoms with E-state index in [1.54, 1.807) is 48.5 Å². The van der Waals surface area contributed by atoms with E-state index in [1.807, 2.05) is 0 Å². The highest BCUT2D eigenvalue weighted by Crippen LogP contribution is 2.22. The van der Waals surface area contributed by atoms with Crippen LogP contribution in [0.25, 0.3) is 0 Å². The predicted octanol–water partition coefficient (Wildman–Crippen LogP) is 3.73. The fourth-order valence-corrected chi connectivity index (χ4v) is 2.47. The van der Waals surface area contributed by atoms with Gasteiger partial charge < -0.3 is 14.9 Å². The minimum absolute atomic E-state index is 0.0365. The van der Waals surface area contributed by atoms with Crippen molar-refractivity contribution in [2.75, 3.05) is 0 Å². The summed E-state index contributed by atoms with van der Waals surface area (Å²) in [6, 6.07) is 16.5. The number of amides is 1. The Labute approximate surface area is 170 Å². The number of carbonyl (C=O) groups is 2. The van der Waals surface area contributed by atoms with Gasteiger partial charge in [0.25, 0.3) is 5.91 Å². The zero-order valence-corrected chi connectivity index (χ0v) is 15.6. The van der Waals surface area contributed by atoms with Crippen molar-refractivity contribution in [1.29, 1.82) is 0 Å². The summed E-state index contributed by atoms with van der Waals surface area (Å²) in [5.41, 5.74) is 3.16. The molecule has 8 heteroatoms. The molecule has 0 heterocycles. The molecular formula is C21H15ClN2O5. The third kappa shape index (κ3) is 5.33. The summed E-state index contributed by atoms with van der Waals surface area (Å²) in [6.07, 6.45) is 1.36. The van der Waals surface area contributed by atoms with Gasteiger partial charge in [-0.1, -0.05) is 23.7 Å². The quantitative estimate of drug-likeness (QED) is 0.257. The zero-order valence-electron chi connectivity index (χ0n) is 14.9. The molecule has 3 N–H and O–H groups in total. The standard InChI is InChI=1S/C21H15ClN2O5/c22-15-6-4-14(5-7-15)21(28)29-17-3-1-2-13(10-17)12-23-24-20(27)18-9-8-16(25)11-19(18)26/h1-12,25-26H,(H,24,27). The molecule has 146 valence electrons. The van der Waals surface area contributed by atoms with Gasteiger partial charge in [0.2, 0.25) is 0 Å². The van der Waals surface area contributed by atoms with Gasteiger partial charge in [0.15, 0.2) is 0 Å². The smallest absolute Gasteiger partial charge is 0.343 e. The Kier molecular flexibility index (Phi) is 6.11. The molecule has 0 aliphatic carbocycles. The highest BCUT2D eigenvalue weighted by molar-refractivity contribution is 6.30. The summed E-state index contributed by atoms with van der Waals surface area (Å²) in [5, 5.41) is 23.3. The molecule has 3 aromatic rings. The molecule has 0 aliphatic heterocycles. The van der Waals surface area contributed by atoms with Crippen LogP contribution in [0, 0.1) is 0 Å². The predicted molar refractivity (Wildman–Crippen MR) is 108 cm³/mol. The van der Waals surface area contributed by atoms with E-state index in [1.165, 1.54) is 18.3 Å². The van der Waals surface area contributed by atoms with E-state index in [9.17, 15) is 19.8 Å². The van der Waals surface area contributed by atoms with Crippen LogP contribution < -0.4 is 10.2 Å². The topological polar surface area (TPSA) is 108 Å². The number of benzene rings is 3. The molecule has 0 radical (unpaired) electrons. The Morgan fingerprint density at radius 2 is 1.76 bits per heavy atom. The van der Waals surface area contributed by atoms with Gasteiger partial charge in [-0.2, -0.15) is 5.10 Å². The van der Waals surface area contributed by atoms with Gasteiger partial charge in [0.05, 0.1) is 17.3 Å². The Hall–Kier alpha value is -3.84. The van der Waals surface area contributed by atoms with Gasteiger partial charge in [-0.25, -0.2) is 10.2 Å². The number of halogens is 1. The summed E-state index contributed by atoms with van der Waals surface area (Å²) < 4.78 is 5.32. The summed E-state index contributed by atoms with van der Waals surface area (Å²) in [6.45, 7) is 0. The number of hydrogen-bond acceptors (Lipinski definition) is 6. The lowest BCUT2D eigenvalue weighted by atomic mass is 10.2. The second-order valence-electron chi connectivity index (χ2n) is 5.87. The van der Waals surface area contributed by atoms with Crippen LogP contribution in [0.1, 0.15) is 26.3 Å². The van der Waals surface area contributed by atoms with Gasteiger partial charge >= 0.3 is 5.97 Å². The van der Waals surface area contributed by atoms with E-state index in [4.69, 9.17) is 16.3 Å². The normalized spacial score (nSPS) is 10.7. The molecule has 7 nitrogen and oxygen atoms in total. The number of nitrogens with one attached hydrogen (secondary N) is 1. The summed E-state index contributed by atoms with van der Waals surface area (Å²) in [7, 11) is 0. The Bertz CT molecular complexity index is 1080. The maximum absolute atomic E-state index is 12.2. The molecule has 3 aromatic carbocycles. The number of esters is 1. The van der Waals surface area contributed by atoms with E-state index >= 15 is 0 Å². The van der Waals surface area contributed by atoms with Crippen LogP contribution in [0.15, 0.2) is 71.8 Å². The van der Waals surface area contributed by atoms with Gasteiger partial charge in [0.1, 0.15) is 17.2 Å². The maximum Gasteiger partial charge on any atom is 0.343 e. The maximum atomic E-state index is 12.2. The number of phenols is 2. The van der Waals surface area contributed by atoms with Crippen molar-refractivity contribution >= 4 is 29.7 Å². The monoisotopic (exact) mass is 410 g/mol. The highest BCUT2D eigenvalue weighted by Gasteiger charge is 2.11. The number of carbonyl (C=O) groups excluding carboxylic acids is 2. The number of phenolic OH excluding ortho intramolecular Hbond substituents is 2. The Morgan fingerprint density at radius 1 is 1.00 bits per heavy atom. The second kappa shape index (κ2) is 8.90. The molecule has 1 amide bonds. The fourth-order valence-electron chi connectivity index (χ4n) is 2.35. The molecule has 0 spiro atoms. The Balaban J connectivity index is 1.64. The van der Waals surface area contributed by atoms with Crippen LogP contribution in [0.5, 0.6) is 17.2 Å². The van der Waals surface area contributed by atoms with E-state index in [-0.39, 0.29) is 17.1 Å². The highest BCUT2D eigenvalue weighted by atomic mass is 35.5. The lowest BCUT2D eigenvalue weighted by molar-refractivity contribution is 0.0734. The van der Waals surface area contributed by atoms with Crippen LogP contribution in [0.2, 0.25) is 5.02 Å². The van der Waals surface area contributed by atoms with Crippen molar-refractivity contribution in [3.05, 3.63) is 88.4 Å². The summed E-state index contributed by atoms with van der Waals surface area (Å²) in [5.74, 6) is -1.41. The van der Waals surface area contributed by atoms with Gasteiger partial charge in [0, 0.05) is 11.1 Å². The van der Waals surface area contributed by atoms with Crippen molar-refractivity contribution in [1.82, 2.24) is 5.43 Å². The van der Waals surface area contributed by atoms with Crippen LogP contribution >= 0.6 is 11.6 Å². The van der Waals surface area contributed by atoms with E-state index in [0.29, 0.717) is 21.9 Å². The third-order valence-electron chi connectivity index (χ3n) is 3.75. The first kappa shape index (κ1) is 19.9. The van der Waals surface area contributed by atoms with Crippen molar-refractivity contribution in [2.45, 2.75) is 0 Å². The molecule has 3 rings (SSSR count). The average Bonchev–Trinajstić information content (AvgIpc) is 2.68. The van der Waals surface area contributed by atoms with Crippen LogP contribution in [-0.4, -0.2) is 28.3 Å². The minimum atomic E-state index is -0.649. The van der Waals surface area contributed by atoms with E-state index in [2.05, 4.69) is 10.5 Å². The molecule has 0 unspecified atom stereocenters. The molecule has 0 fully saturated rings. The van der Waals surface area contributed by atoms with Crippen LogP contribution in [0.3, 0.4) is 0 Å². The van der Waals surface area contributed by atoms with Gasteiger partial charge in [-0.3, -0.25) is 4.79 Å². The van der Waals surface area contributed by atoms with Gasteiger partial charge in [-0.05, 0) is 54.1 Å². The van der Waals surface area contributed by atoms with Crippen molar-refractivity contribution < 1.29 is 24.5 Å². The van der Waals surface area contributed by atoms with Crippen molar-refractivity contribution in [2.24, 2.45) is 5.10 Å². The third-order valence-corrected chi connectivity index (χ3v) is 4.01. The SMILES string of the molecule is O=C(Oc1cccc(C=NNC(=O)c2ccc(O)cc2O)c1)c1ccc(Cl)cc1. The molecule has 0 aromatic heterocycles. The molecule has 0 bridgehead atoms. The molecule has 0 aliphatic rings. The summed E-state index contributed by atoms with van der Waals surface area (Å²) >= 11 is 5.80. The average molecular weight is 411 g/mol. The largest absolute Gasteiger partial charge is 0.508 e. The van der Waals surface area contributed by atoms with Crippen molar-refractivity contribution in [3.63, 3.8) is 0 Å².